The van der Waals surface area contributed by atoms with Crippen LogP contribution in [0, 0.1) is 30.1 Å². The summed E-state index contributed by atoms with van der Waals surface area (Å²) in [6.07, 6.45) is -1.40. The van der Waals surface area contributed by atoms with Crippen LogP contribution in [0.25, 0.3) is 21.5 Å². The van der Waals surface area contributed by atoms with Crippen LogP contribution in [0.1, 0.15) is 60.1 Å². The van der Waals surface area contributed by atoms with E-state index in [1.54, 1.807) is 17.0 Å². The number of thiophene rings is 1. The predicted octanol–water partition coefficient (Wildman–Crippen LogP) is 5.70. The number of carbonyl (C=O) groups excluding carboxylic acids is 3. The van der Waals surface area contributed by atoms with Crippen LogP contribution in [0.3, 0.4) is 0 Å². The normalized spacial score (nSPS) is 24.1. The second kappa shape index (κ2) is 9.09. The molecule has 40 heavy (non-hydrogen) atoms. The minimum atomic E-state index is -4.70. The van der Waals surface area contributed by atoms with Gasteiger partial charge >= 0.3 is 6.18 Å². The number of aromatic nitrogens is 2. The average Bonchev–Trinajstić information content (AvgIpc) is 3.13. The zero-order chi connectivity index (χ0) is 28.7. The molecule has 0 spiro atoms. The van der Waals surface area contributed by atoms with Gasteiger partial charge in [0.1, 0.15) is 5.69 Å². The molecule has 2 unspecified atom stereocenters. The Labute approximate surface area is 233 Å². The highest BCUT2D eigenvalue weighted by atomic mass is 32.1. The summed E-state index contributed by atoms with van der Waals surface area (Å²) in [6.45, 7) is 8.54. The van der Waals surface area contributed by atoms with Crippen LogP contribution >= 0.6 is 11.3 Å². The van der Waals surface area contributed by atoms with Crippen molar-refractivity contribution in [1.29, 1.82) is 0 Å². The van der Waals surface area contributed by atoms with E-state index >= 15 is 0 Å². The maximum Gasteiger partial charge on any atom is 0.433 e. The summed E-state index contributed by atoms with van der Waals surface area (Å²) in [5.41, 5.74) is -0.195. The van der Waals surface area contributed by atoms with Gasteiger partial charge in [-0.25, -0.2) is 4.98 Å². The lowest BCUT2D eigenvalue weighted by atomic mass is 9.96. The van der Waals surface area contributed by atoms with Crippen molar-refractivity contribution in [2.45, 2.75) is 53.3 Å². The molecule has 11 heteroatoms. The second-order valence-electron chi connectivity index (χ2n) is 11.9. The van der Waals surface area contributed by atoms with Crippen molar-refractivity contribution in [3.05, 3.63) is 46.1 Å². The van der Waals surface area contributed by atoms with Crippen LogP contribution in [0.15, 0.2) is 24.4 Å². The molecule has 3 aromatic heterocycles. The zero-order valence-electron chi connectivity index (χ0n) is 22.6. The molecule has 0 N–H and O–H groups in total. The molecule has 3 fully saturated rings. The Kier molecular flexibility index (Phi) is 6.10. The molecule has 1 aliphatic carbocycles. The molecule has 0 radical (unpaired) electrons. The number of hydrogen-bond acceptors (Lipinski definition) is 6. The molecule has 0 bridgehead atoms. The average molecular weight is 571 g/mol. The Morgan fingerprint density at radius 1 is 1.18 bits per heavy atom. The standard InChI is InChI=1S/C29H29F3N4O3S/c1-14-6-5-9-35(12-14)25(37)20-15(2)10-19(29(30,31)32)34-23(20)17-7-8-33-18-11-16(40-24(17)18)13-36-26(38)21-22(27(36)39)28(21,3)4/h7-8,10-11,14,21-22H,5-6,9,12-13H2,1-4H3/t14-,21?,22?/m0/s1. The number of alkyl halides is 3. The van der Waals surface area contributed by atoms with E-state index in [4.69, 9.17) is 0 Å². The van der Waals surface area contributed by atoms with Gasteiger partial charge in [-0.2, -0.15) is 13.2 Å². The highest BCUT2D eigenvalue weighted by Gasteiger charge is 2.72. The number of aryl methyl sites for hydroxylation is 1. The van der Waals surface area contributed by atoms with Crippen molar-refractivity contribution in [3.8, 4) is 11.3 Å². The summed E-state index contributed by atoms with van der Waals surface area (Å²) in [6, 6.07) is 4.25. The van der Waals surface area contributed by atoms with Gasteiger partial charge < -0.3 is 4.90 Å². The van der Waals surface area contributed by atoms with Crippen molar-refractivity contribution in [3.63, 3.8) is 0 Å². The van der Waals surface area contributed by atoms with Gasteiger partial charge in [0.2, 0.25) is 11.8 Å². The van der Waals surface area contributed by atoms with E-state index in [9.17, 15) is 27.6 Å². The number of imide groups is 1. The molecule has 210 valence electrons. The number of amides is 3. The van der Waals surface area contributed by atoms with Crippen LogP contribution in [0.5, 0.6) is 0 Å². The number of fused-ring (bicyclic) bond motifs is 2. The third-order valence-corrected chi connectivity index (χ3v) is 9.73. The maximum atomic E-state index is 13.9. The summed E-state index contributed by atoms with van der Waals surface area (Å²) in [4.78, 5) is 51.6. The van der Waals surface area contributed by atoms with Crippen LogP contribution in [-0.2, 0) is 22.3 Å². The lowest BCUT2D eigenvalue weighted by Gasteiger charge is -2.32. The first-order valence-electron chi connectivity index (χ1n) is 13.4. The van der Waals surface area contributed by atoms with E-state index in [1.807, 2.05) is 13.8 Å². The lowest BCUT2D eigenvalue weighted by molar-refractivity contribution is -0.144. The number of piperidine rings is 2. The Bertz CT molecular complexity index is 1560. The van der Waals surface area contributed by atoms with E-state index in [0.717, 1.165) is 18.9 Å². The molecule has 6 rings (SSSR count). The Balaban J connectivity index is 1.43. The smallest absolute Gasteiger partial charge is 0.338 e. The number of pyridine rings is 2. The first kappa shape index (κ1) is 26.9. The summed E-state index contributed by atoms with van der Waals surface area (Å²) < 4.78 is 42.2. The molecule has 7 nitrogen and oxygen atoms in total. The molecular formula is C29H29F3N4O3S. The highest BCUT2D eigenvalue weighted by Crippen LogP contribution is 2.63. The summed E-state index contributed by atoms with van der Waals surface area (Å²) in [5, 5.41) is 0. The number of likely N-dealkylation sites (tertiary alicyclic amines) is 2. The molecule has 0 aromatic carbocycles. The molecule has 2 saturated heterocycles. The van der Waals surface area contributed by atoms with Crippen LogP contribution < -0.4 is 0 Å². The summed E-state index contributed by atoms with van der Waals surface area (Å²) >= 11 is 1.25. The van der Waals surface area contributed by atoms with Crippen molar-refractivity contribution in [2.24, 2.45) is 23.2 Å². The fourth-order valence-electron chi connectivity index (χ4n) is 6.38. The molecule has 3 aliphatic rings. The van der Waals surface area contributed by atoms with Gasteiger partial charge in [0.05, 0.1) is 39.9 Å². The molecule has 5 heterocycles. The molecule has 2 aliphatic heterocycles. The SMILES string of the molecule is Cc1cc(C(F)(F)F)nc(-c2ccnc3cc(CN4C(=O)C5C(C4=O)C5(C)C)sc23)c1C(=O)N1CCC[C@H](C)C1. The van der Waals surface area contributed by atoms with Gasteiger partial charge in [0.15, 0.2) is 0 Å². The number of rotatable bonds is 4. The van der Waals surface area contributed by atoms with Crippen molar-refractivity contribution in [1.82, 2.24) is 19.8 Å². The van der Waals surface area contributed by atoms with E-state index in [-0.39, 0.29) is 58.3 Å². The van der Waals surface area contributed by atoms with Crippen molar-refractivity contribution >= 4 is 39.3 Å². The van der Waals surface area contributed by atoms with E-state index < -0.39 is 11.9 Å². The summed E-state index contributed by atoms with van der Waals surface area (Å²) in [7, 11) is 0. The molecular weight excluding hydrogens is 541 g/mol. The number of hydrogen-bond donors (Lipinski definition) is 0. The topological polar surface area (TPSA) is 83.5 Å². The van der Waals surface area contributed by atoms with E-state index in [0.29, 0.717) is 39.7 Å². The third-order valence-electron chi connectivity index (χ3n) is 8.59. The van der Waals surface area contributed by atoms with Gasteiger partial charge in [-0.3, -0.25) is 24.3 Å². The van der Waals surface area contributed by atoms with Gasteiger partial charge in [-0.1, -0.05) is 20.8 Å². The second-order valence-corrected chi connectivity index (χ2v) is 13.0. The van der Waals surface area contributed by atoms with Gasteiger partial charge in [0.25, 0.3) is 5.91 Å². The van der Waals surface area contributed by atoms with Crippen LogP contribution in [-0.4, -0.2) is 50.6 Å². The van der Waals surface area contributed by atoms with Gasteiger partial charge in [-0.15, -0.1) is 11.3 Å². The minimum absolute atomic E-state index is 0.0346. The quantitative estimate of drug-likeness (QED) is 0.376. The fraction of sp³-hybridized carbons (Fsp3) is 0.483. The lowest BCUT2D eigenvalue weighted by Crippen LogP contribution is -2.39. The summed E-state index contributed by atoms with van der Waals surface area (Å²) in [5.74, 6) is -1.02. The third kappa shape index (κ3) is 4.20. The largest absolute Gasteiger partial charge is 0.433 e. The predicted molar refractivity (Wildman–Crippen MR) is 143 cm³/mol. The zero-order valence-corrected chi connectivity index (χ0v) is 23.4. The molecule has 3 amide bonds. The van der Waals surface area contributed by atoms with Gasteiger partial charge in [-0.05, 0) is 54.9 Å². The molecule has 1 saturated carbocycles. The van der Waals surface area contributed by atoms with Crippen molar-refractivity contribution < 1.29 is 27.6 Å². The Morgan fingerprint density at radius 3 is 2.52 bits per heavy atom. The Morgan fingerprint density at radius 2 is 1.88 bits per heavy atom. The van der Waals surface area contributed by atoms with E-state index in [2.05, 4.69) is 16.9 Å². The van der Waals surface area contributed by atoms with Crippen LogP contribution in [0.4, 0.5) is 13.2 Å². The minimum Gasteiger partial charge on any atom is -0.338 e. The highest BCUT2D eigenvalue weighted by molar-refractivity contribution is 7.19. The Hall–Kier alpha value is -3.34. The van der Waals surface area contributed by atoms with Gasteiger partial charge in [0, 0.05) is 29.7 Å². The number of halogens is 3. The number of carbonyl (C=O) groups is 3. The monoisotopic (exact) mass is 570 g/mol. The number of nitrogens with zero attached hydrogens (tertiary/aromatic N) is 4. The van der Waals surface area contributed by atoms with Crippen molar-refractivity contribution in [2.75, 3.05) is 13.1 Å². The van der Waals surface area contributed by atoms with Crippen LogP contribution in [0.2, 0.25) is 0 Å². The molecule has 3 atom stereocenters. The van der Waals surface area contributed by atoms with E-state index in [1.165, 1.54) is 29.4 Å². The molecule has 3 aromatic rings. The maximum absolute atomic E-state index is 13.9. The fourth-order valence-corrected chi connectivity index (χ4v) is 7.50. The first-order valence-corrected chi connectivity index (χ1v) is 14.2. The first-order chi connectivity index (χ1) is 18.8.